The molecule has 4 rings (SSSR count). The maximum atomic E-state index is 5.97. The van der Waals surface area contributed by atoms with Gasteiger partial charge in [0, 0.05) is 13.7 Å². The molecule has 0 N–H and O–H groups in total. The van der Waals surface area contributed by atoms with Gasteiger partial charge in [0.1, 0.15) is 23.0 Å². The average molecular weight is 609 g/mol. The van der Waals surface area contributed by atoms with Gasteiger partial charge in [-0.1, -0.05) is 54.6 Å². The van der Waals surface area contributed by atoms with Crippen molar-refractivity contribution >= 4 is 0 Å². The summed E-state index contributed by atoms with van der Waals surface area (Å²) in [5.74, 6) is 3.62. The van der Waals surface area contributed by atoms with E-state index in [-0.39, 0.29) is 0 Å². The van der Waals surface area contributed by atoms with Crippen molar-refractivity contribution in [2.45, 2.75) is 51.4 Å². The van der Waals surface area contributed by atoms with E-state index in [1.807, 2.05) is 54.6 Å². The first-order valence-corrected chi connectivity index (χ1v) is 16.3. The van der Waals surface area contributed by atoms with Crippen LogP contribution in [0.1, 0.15) is 51.4 Å². The van der Waals surface area contributed by atoms with Gasteiger partial charge in [0.25, 0.3) is 0 Å². The summed E-state index contributed by atoms with van der Waals surface area (Å²) in [6, 6.07) is 33.1. The van der Waals surface area contributed by atoms with E-state index in [0.717, 1.165) is 99.7 Å². The smallest absolute Gasteiger partial charge is 0.119 e. The second kappa shape index (κ2) is 19.9. The molecule has 4 aromatic carbocycles. The maximum Gasteiger partial charge on any atom is 0.119 e. The fraction of sp³-hybridized carbons (Fsp3) is 0.350. The van der Waals surface area contributed by atoms with E-state index < -0.39 is 0 Å². The van der Waals surface area contributed by atoms with E-state index in [2.05, 4.69) is 55.1 Å². The van der Waals surface area contributed by atoms with Crippen molar-refractivity contribution in [1.29, 1.82) is 0 Å². The van der Waals surface area contributed by atoms with E-state index in [1.54, 1.807) is 7.11 Å². The monoisotopic (exact) mass is 608 g/mol. The highest BCUT2D eigenvalue weighted by atomic mass is 16.5. The Balaban J connectivity index is 1.05. The highest BCUT2D eigenvalue weighted by Gasteiger charge is 2.03. The molecule has 45 heavy (non-hydrogen) atoms. The van der Waals surface area contributed by atoms with Crippen LogP contribution < -0.4 is 18.9 Å². The normalized spacial score (nSPS) is 10.8. The molecule has 0 saturated heterocycles. The minimum atomic E-state index is 0.711. The molecule has 5 nitrogen and oxygen atoms in total. The summed E-state index contributed by atoms with van der Waals surface area (Å²) in [6.45, 7) is 7.39. The van der Waals surface area contributed by atoms with E-state index in [1.165, 1.54) is 16.7 Å². The first-order chi connectivity index (χ1) is 22.2. The Bertz CT molecular complexity index is 1350. The lowest BCUT2D eigenvalue weighted by Crippen LogP contribution is -2.00. The van der Waals surface area contributed by atoms with Gasteiger partial charge >= 0.3 is 0 Å². The van der Waals surface area contributed by atoms with E-state index in [4.69, 9.17) is 23.7 Å². The minimum Gasteiger partial charge on any atom is -0.494 e. The molecule has 0 amide bonds. The minimum absolute atomic E-state index is 0.711. The number of hydrogen-bond acceptors (Lipinski definition) is 5. The summed E-state index contributed by atoms with van der Waals surface area (Å²) >= 11 is 0. The lowest BCUT2D eigenvalue weighted by molar-refractivity contribution is 0.184. The van der Waals surface area contributed by atoms with Gasteiger partial charge in [-0.25, -0.2) is 0 Å². The Morgan fingerprint density at radius 1 is 0.400 bits per heavy atom. The van der Waals surface area contributed by atoms with E-state index >= 15 is 0 Å². The van der Waals surface area contributed by atoms with Crippen molar-refractivity contribution in [3.63, 3.8) is 0 Å². The third-order valence-corrected chi connectivity index (χ3v) is 7.49. The van der Waals surface area contributed by atoms with Crippen LogP contribution in [-0.2, 0) is 4.74 Å². The molecule has 0 radical (unpaired) electrons. The van der Waals surface area contributed by atoms with Crippen molar-refractivity contribution in [3.8, 4) is 45.3 Å². The number of ether oxygens (including phenoxy) is 5. The summed E-state index contributed by atoms with van der Waals surface area (Å²) in [4.78, 5) is 0. The Kier molecular flexibility index (Phi) is 14.9. The average Bonchev–Trinajstić information content (AvgIpc) is 3.09. The summed E-state index contributed by atoms with van der Waals surface area (Å²) < 4.78 is 28.6. The topological polar surface area (TPSA) is 46.2 Å². The van der Waals surface area contributed by atoms with Gasteiger partial charge in [0.05, 0.1) is 26.4 Å². The molecule has 0 fully saturated rings. The highest BCUT2D eigenvalue weighted by molar-refractivity contribution is 5.65. The molecule has 0 saturated carbocycles. The van der Waals surface area contributed by atoms with Gasteiger partial charge in [-0.2, -0.15) is 0 Å². The van der Waals surface area contributed by atoms with E-state index in [0.29, 0.717) is 13.2 Å². The molecule has 5 heteroatoms. The zero-order valence-corrected chi connectivity index (χ0v) is 26.8. The number of hydrogen-bond donors (Lipinski definition) is 0. The number of rotatable bonds is 22. The predicted molar refractivity (Wildman–Crippen MR) is 185 cm³/mol. The summed E-state index contributed by atoms with van der Waals surface area (Å²) in [5.41, 5.74) is 4.66. The Morgan fingerprint density at radius 2 is 0.689 bits per heavy atom. The molecule has 0 spiro atoms. The summed E-state index contributed by atoms with van der Waals surface area (Å²) in [6.07, 6.45) is 10.2. The summed E-state index contributed by atoms with van der Waals surface area (Å²) in [7, 11) is 1.73. The standard InChI is InChI=1S/C40H48O5/c1-3-4-7-29-42-37-20-12-33(13-21-37)34-14-22-38(23-15-34)43-30-8-5-6-9-31-44-39-24-16-35(17-25-39)36-18-26-40(27-19-36)45-32-11-10-28-41-2/h3,12-27H,1,4-11,28-32H2,2H3. The molecule has 0 unspecified atom stereocenters. The Labute approximate surface area is 269 Å². The molecule has 4 aromatic rings. The van der Waals surface area contributed by atoms with Gasteiger partial charge in [0.15, 0.2) is 0 Å². The lowest BCUT2D eigenvalue weighted by atomic mass is 10.1. The van der Waals surface area contributed by atoms with Gasteiger partial charge in [-0.3, -0.25) is 0 Å². The molecule has 0 aliphatic rings. The molecule has 0 aliphatic heterocycles. The molecule has 0 bridgehead atoms. The van der Waals surface area contributed by atoms with Crippen molar-refractivity contribution in [1.82, 2.24) is 0 Å². The Morgan fingerprint density at radius 3 is 1.00 bits per heavy atom. The van der Waals surface area contributed by atoms with Crippen LogP contribution in [0.5, 0.6) is 23.0 Å². The Hall–Kier alpha value is -4.22. The van der Waals surface area contributed by atoms with Crippen LogP contribution in [0.3, 0.4) is 0 Å². The van der Waals surface area contributed by atoms with Gasteiger partial charge < -0.3 is 23.7 Å². The maximum absolute atomic E-state index is 5.97. The predicted octanol–water partition coefficient (Wildman–Crippen LogP) is 10.2. The number of benzene rings is 4. The number of allylic oxidation sites excluding steroid dienone is 1. The van der Waals surface area contributed by atoms with Crippen molar-refractivity contribution < 1.29 is 23.7 Å². The van der Waals surface area contributed by atoms with Crippen LogP contribution in [0.2, 0.25) is 0 Å². The second-order valence-corrected chi connectivity index (χ2v) is 11.0. The molecule has 0 aliphatic carbocycles. The SMILES string of the molecule is C=CCCCOc1ccc(-c2ccc(OCCCCCCOc3ccc(-c4ccc(OCCCCOC)cc4)cc3)cc2)cc1. The first-order valence-electron chi connectivity index (χ1n) is 16.3. The largest absolute Gasteiger partial charge is 0.494 e. The fourth-order valence-corrected chi connectivity index (χ4v) is 4.87. The zero-order valence-electron chi connectivity index (χ0n) is 26.8. The molecule has 238 valence electrons. The fourth-order valence-electron chi connectivity index (χ4n) is 4.87. The van der Waals surface area contributed by atoms with Crippen LogP contribution in [-0.4, -0.2) is 40.1 Å². The molecule has 0 aromatic heterocycles. The lowest BCUT2D eigenvalue weighted by Gasteiger charge is -2.10. The molecule has 0 heterocycles. The number of methoxy groups -OCH3 is 1. The summed E-state index contributed by atoms with van der Waals surface area (Å²) in [5, 5.41) is 0. The third-order valence-electron chi connectivity index (χ3n) is 7.49. The molecular formula is C40H48O5. The molecular weight excluding hydrogens is 560 g/mol. The van der Waals surface area contributed by atoms with Gasteiger partial charge in [0.2, 0.25) is 0 Å². The molecule has 0 atom stereocenters. The van der Waals surface area contributed by atoms with Crippen LogP contribution in [0, 0.1) is 0 Å². The van der Waals surface area contributed by atoms with E-state index in [9.17, 15) is 0 Å². The quantitative estimate of drug-likeness (QED) is 0.0656. The van der Waals surface area contributed by atoms with Crippen molar-refractivity contribution in [3.05, 3.63) is 110 Å². The van der Waals surface area contributed by atoms with Crippen molar-refractivity contribution in [2.75, 3.05) is 40.1 Å². The third kappa shape index (κ3) is 12.4. The van der Waals surface area contributed by atoms with Crippen LogP contribution in [0.25, 0.3) is 22.3 Å². The van der Waals surface area contributed by atoms with Crippen LogP contribution in [0.4, 0.5) is 0 Å². The second-order valence-electron chi connectivity index (χ2n) is 11.0. The highest BCUT2D eigenvalue weighted by Crippen LogP contribution is 2.26. The zero-order chi connectivity index (χ0) is 31.4. The van der Waals surface area contributed by atoms with Crippen LogP contribution in [0.15, 0.2) is 110 Å². The van der Waals surface area contributed by atoms with Gasteiger partial charge in [-0.15, -0.1) is 6.58 Å². The van der Waals surface area contributed by atoms with Crippen LogP contribution >= 0.6 is 0 Å². The van der Waals surface area contributed by atoms with Crippen molar-refractivity contribution in [2.24, 2.45) is 0 Å². The number of unbranched alkanes of at least 4 members (excludes halogenated alkanes) is 5. The van der Waals surface area contributed by atoms with Gasteiger partial charge in [-0.05, 0) is 122 Å². The first kappa shape index (κ1) is 33.7.